The summed E-state index contributed by atoms with van der Waals surface area (Å²) in [5.41, 5.74) is 4.16. The van der Waals surface area contributed by atoms with Gasteiger partial charge in [0, 0.05) is 42.7 Å². The van der Waals surface area contributed by atoms with Crippen LogP contribution in [0, 0.1) is 0 Å². The molecule has 0 saturated carbocycles. The number of anilines is 1. The quantitative estimate of drug-likeness (QED) is 0.582. The maximum Gasteiger partial charge on any atom is 0.165 e. The third-order valence-corrected chi connectivity index (χ3v) is 5.63. The molecule has 4 aromatic rings. The van der Waals surface area contributed by atoms with Crippen molar-refractivity contribution >= 4 is 22.4 Å². The van der Waals surface area contributed by atoms with Crippen molar-refractivity contribution in [3.05, 3.63) is 48.9 Å². The monoisotopic (exact) mass is 361 g/mol. The molecule has 1 aliphatic heterocycles. The lowest BCUT2D eigenvalue weighted by atomic mass is 9.99. The number of benzene rings is 1. The van der Waals surface area contributed by atoms with E-state index in [1.54, 1.807) is 0 Å². The Balaban J connectivity index is 1.60. The Kier molecular flexibility index (Phi) is 4.05. The number of hydrogen-bond acceptors (Lipinski definition) is 4. The van der Waals surface area contributed by atoms with Gasteiger partial charge in [0.1, 0.15) is 5.82 Å². The minimum Gasteiger partial charge on any atom is -0.396 e. The van der Waals surface area contributed by atoms with E-state index in [0.717, 1.165) is 47.5 Å². The second kappa shape index (κ2) is 6.70. The van der Waals surface area contributed by atoms with Crippen LogP contribution >= 0.6 is 0 Å². The van der Waals surface area contributed by atoms with Gasteiger partial charge in [0.15, 0.2) is 5.65 Å². The lowest BCUT2D eigenvalue weighted by molar-refractivity contribution is 0.262. The molecular formula is C21H23N5O. The van der Waals surface area contributed by atoms with Gasteiger partial charge in [0.2, 0.25) is 0 Å². The molecular weight excluding hydrogens is 338 g/mol. The van der Waals surface area contributed by atoms with E-state index in [2.05, 4.69) is 44.2 Å². The summed E-state index contributed by atoms with van der Waals surface area (Å²) in [6.07, 6.45) is 10.0. The molecule has 138 valence electrons. The molecule has 0 radical (unpaired) electrons. The van der Waals surface area contributed by atoms with Gasteiger partial charge in [-0.1, -0.05) is 6.07 Å². The highest BCUT2D eigenvalue weighted by Gasteiger charge is 2.25. The molecule has 27 heavy (non-hydrogen) atoms. The Morgan fingerprint density at radius 2 is 2.15 bits per heavy atom. The summed E-state index contributed by atoms with van der Waals surface area (Å²) in [7, 11) is 0. The number of nitrogens with zero attached hydrogens (tertiary/aromatic N) is 4. The second-order valence-electron chi connectivity index (χ2n) is 7.23. The predicted octanol–water partition coefficient (Wildman–Crippen LogP) is 3.62. The number of fused-ring (bicyclic) bond motifs is 2. The van der Waals surface area contributed by atoms with E-state index in [1.165, 1.54) is 18.2 Å². The Morgan fingerprint density at radius 1 is 1.19 bits per heavy atom. The first kappa shape index (κ1) is 16.3. The van der Waals surface area contributed by atoms with Crippen LogP contribution in [0.5, 0.6) is 0 Å². The number of aliphatic hydroxyl groups excluding tert-OH is 1. The molecule has 1 aliphatic rings. The van der Waals surface area contributed by atoms with Crippen LogP contribution in [0.3, 0.4) is 0 Å². The number of rotatable bonds is 4. The van der Waals surface area contributed by atoms with E-state index in [4.69, 9.17) is 0 Å². The Morgan fingerprint density at radius 3 is 3.07 bits per heavy atom. The van der Waals surface area contributed by atoms with Gasteiger partial charge in [-0.3, -0.25) is 0 Å². The molecule has 5 rings (SSSR count). The molecule has 0 bridgehead atoms. The third-order valence-electron chi connectivity index (χ3n) is 5.63. The fourth-order valence-electron chi connectivity index (χ4n) is 4.27. The van der Waals surface area contributed by atoms with Gasteiger partial charge in [-0.05, 0) is 60.9 Å². The lowest BCUT2D eigenvalue weighted by Crippen LogP contribution is -2.41. The second-order valence-corrected chi connectivity index (χ2v) is 7.23. The average Bonchev–Trinajstić information content (AvgIpc) is 3.34. The number of aromatic amines is 1. The molecule has 3 aromatic heterocycles. The van der Waals surface area contributed by atoms with Crippen molar-refractivity contribution in [2.45, 2.75) is 31.7 Å². The summed E-state index contributed by atoms with van der Waals surface area (Å²) in [5.74, 6) is 1.06. The maximum absolute atomic E-state index is 9.45. The summed E-state index contributed by atoms with van der Waals surface area (Å²) >= 11 is 0. The number of piperidine rings is 1. The molecule has 1 unspecified atom stereocenters. The number of hydrogen-bond donors (Lipinski definition) is 2. The van der Waals surface area contributed by atoms with Gasteiger partial charge in [0.25, 0.3) is 0 Å². The summed E-state index contributed by atoms with van der Waals surface area (Å²) in [6, 6.07) is 10.9. The molecule has 6 heteroatoms. The molecule has 2 N–H and O–H groups in total. The molecule has 1 saturated heterocycles. The van der Waals surface area contributed by atoms with E-state index in [9.17, 15) is 5.11 Å². The van der Waals surface area contributed by atoms with Crippen LogP contribution in [0.2, 0.25) is 0 Å². The molecule has 6 nitrogen and oxygen atoms in total. The smallest absolute Gasteiger partial charge is 0.165 e. The van der Waals surface area contributed by atoms with Crippen LogP contribution < -0.4 is 4.90 Å². The fraction of sp³-hybridized carbons (Fsp3) is 0.333. The number of aliphatic hydroxyl groups is 1. The highest BCUT2D eigenvalue weighted by molar-refractivity contribution is 5.88. The normalized spacial score (nSPS) is 17.8. The van der Waals surface area contributed by atoms with Gasteiger partial charge >= 0.3 is 0 Å². The van der Waals surface area contributed by atoms with Crippen LogP contribution in [0.15, 0.2) is 48.9 Å². The lowest BCUT2D eigenvalue weighted by Gasteiger charge is -2.37. The molecule has 1 aromatic carbocycles. The van der Waals surface area contributed by atoms with Crippen molar-refractivity contribution in [2.75, 3.05) is 18.1 Å². The Hall–Kier alpha value is -2.86. The van der Waals surface area contributed by atoms with Crippen molar-refractivity contribution in [1.29, 1.82) is 0 Å². The van der Waals surface area contributed by atoms with Crippen molar-refractivity contribution in [1.82, 2.24) is 19.6 Å². The molecule has 0 aliphatic carbocycles. The van der Waals surface area contributed by atoms with Crippen molar-refractivity contribution in [3.8, 4) is 11.1 Å². The average molecular weight is 361 g/mol. The van der Waals surface area contributed by atoms with E-state index in [1.807, 2.05) is 29.2 Å². The largest absolute Gasteiger partial charge is 0.396 e. The molecule has 0 spiro atoms. The van der Waals surface area contributed by atoms with E-state index < -0.39 is 0 Å². The van der Waals surface area contributed by atoms with E-state index in [-0.39, 0.29) is 6.61 Å². The molecule has 1 atom stereocenters. The Labute approximate surface area is 157 Å². The van der Waals surface area contributed by atoms with Crippen LogP contribution in [0.25, 0.3) is 27.7 Å². The van der Waals surface area contributed by atoms with Crippen LogP contribution in [-0.2, 0) is 0 Å². The summed E-state index contributed by atoms with van der Waals surface area (Å²) in [4.78, 5) is 10.3. The molecule has 1 fully saturated rings. The number of aromatic nitrogens is 4. The van der Waals surface area contributed by atoms with Gasteiger partial charge in [-0.15, -0.1) is 0 Å². The van der Waals surface area contributed by atoms with Gasteiger partial charge in [-0.25, -0.2) is 4.98 Å². The summed E-state index contributed by atoms with van der Waals surface area (Å²) < 4.78 is 1.95. The SMILES string of the molecule is OCCC1CCCCN1c1ccnc2c(-c3ccc4[nH]ccc4c3)cnn12. The highest BCUT2D eigenvalue weighted by Crippen LogP contribution is 2.31. The minimum atomic E-state index is 0.219. The standard InChI is InChI=1S/C21H23N5O/c27-12-8-17-3-1-2-11-25(17)20-7-10-23-21-18(14-24-26(20)21)15-4-5-19-16(13-15)6-9-22-19/h4-7,9-10,13-14,17,22,27H,1-3,8,11-12H2. The van der Waals surface area contributed by atoms with Gasteiger partial charge < -0.3 is 15.0 Å². The minimum absolute atomic E-state index is 0.219. The highest BCUT2D eigenvalue weighted by atomic mass is 16.3. The predicted molar refractivity (Wildman–Crippen MR) is 107 cm³/mol. The zero-order chi connectivity index (χ0) is 18.2. The first-order valence-electron chi connectivity index (χ1n) is 9.63. The van der Waals surface area contributed by atoms with Crippen molar-refractivity contribution in [3.63, 3.8) is 0 Å². The van der Waals surface area contributed by atoms with E-state index in [0.29, 0.717) is 6.04 Å². The van der Waals surface area contributed by atoms with Crippen LogP contribution in [0.1, 0.15) is 25.7 Å². The summed E-state index contributed by atoms with van der Waals surface area (Å²) in [6.45, 7) is 1.21. The zero-order valence-electron chi connectivity index (χ0n) is 15.2. The van der Waals surface area contributed by atoms with Gasteiger partial charge in [-0.2, -0.15) is 9.61 Å². The van der Waals surface area contributed by atoms with Crippen molar-refractivity contribution in [2.24, 2.45) is 0 Å². The topological polar surface area (TPSA) is 69.4 Å². The molecule has 0 amide bonds. The first-order valence-corrected chi connectivity index (χ1v) is 9.63. The van der Waals surface area contributed by atoms with Crippen molar-refractivity contribution < 1.29 is 5.11 Å². The van der Waals surface area contributed by atoms with Crippen LogP contribution in [0.4, 0.5) is 5.82 Å². The van der Waals surface area contributed by atoms with Gasteiger partial charge in [0.05, 0.1) is 6.20 Å². The number of H-pyrrole nitrogens is 1. The Bertz CT molecular complexity index is 1080. The van der Waals surface area contributed by atoms with E-state index >= 15 is 0 Å². The maximum atomic E-state index is 9.45. The third kappa shape index (κ3) is 2.77. The zero-order valence-corrected chi connectivity index (χ0v) is 15.2. The fourth-order valence-corrected chi connectivity index (χ4v) is 4.27. The first-order chi connectivity index (χ1) is 13.3. The van der Waals surface area contributed by atoms with Crippen LogP contribution in [-0.4, -0.2) is 43.9 Å². The number of nitrogens with one attached hydrogen (secondary N) is 1. The molecule has 4 heterocycles. The summed E-state index contributed by atoms with van der Waals surface area (Å²) in [5, 5.41) is 15.3.